The Bertz CT molecular complexity index is 1180. The third kappa shape index (κ3) is 4.53. The van der Waals surface area contributed by atoms with Crippen molar-refractivity contribution >= 4 is 44.8 Å². The van der Waals surface area contributed by atoms with Gasteiger partial charge in [0.15, 0.2) is 0 Å². The molecule has 3 aromatic rings. The van der Waals surface area contributed by atoms with Crippen LogP contribution in [0.25, 0.3) is 0 Å². The van der Waals surface area contributed by atoms with Gasteiger partial charge in [-0.1, -0.05) is 35.3 Å². The average Bonchev–Trinajstić information content (AvgIpc) is 2.74. The minimum Gasteiger partial charge on any atom is -0.456 e. The lowest BCUT2D eigenvalue weighted by atomic mass is 10.1. The van der Waals surface area contributed by atoms with Crippen molar-refractivity contribution in [3.05, 3.63) is 82.3 Å². The molecular formula is C21H18Cl2N2O4S. The molecule has 0 saturated carbocycles. The molecule has 3 rings (SSSR count). The van der Waals surface area contributed by atoms with Crippen LogP contribution < -0.4 is 14.4 Å². The van der Waals surface area contributed by atoms with Gasteiger partial charge >= 0.3 is 0 Å². The Morgan fingerprint density at radius 3 is 2.30 bits per heavy atom. The lowest BCUT2D eigenvalue weighted by Gasteiger charge is -2.22. The number of ether oxygens (including phenoxy) is 1. The fourth-order valence-electron chi connectivity index (χ4n) is 2.72. The summed E-state index contributed by atoms with van der Waals surface area (Å²) in [5.74, 6) is 0.448. The first-order valence-electron chi connectivity index (χ1n) is 8.77. The van der Waals surface area contributed by atoms with E-state index in [9.17, 15) is 13.2 Å². The van der Waals surface area contributed by atoms with Crippen LogP contribution in [0.1, 0.15) is 10.4 Å². The van der Waals surface area contributed by atoms with Gasteiger partial charge in [-0.05, 0) is 54.6 Å². The van der Waals surface area contributed by atoms with E-state index in [4.69, 9.17) is 27.9 Å². The van der Waals surface area contributed by atoms with Crippen LogP contribution in [0.5, 0.6) is 11.5 Å². The third-order valence-electron chi connectivity index (χ3n) is 4.32. The summed E-state index contributed by atoms with van der Waals surface area (Å²) in [6.45, 7) is 0. The number of sulfonamides is 1. The molecule has 0 spiro atoms. The van der Waals surface area contributed by atoms with Crippen LogP contribution in [0.3, 0.4) is 0 Å². The van der Waals surface area contributed by atoms with E-state index in [1.807, 2.05) is 0 Å². The minimum absolute atomic E-state index is 0.0364. The molecule has 0 radical (unpaired) electrons. The molecule has 0 aliphatic heterocycles. The fraction of sp³-hybridized carbons (Fsp3) is 0.0952. The second-order valence-corrected chi connectivity index (χ2v) is 9.03. The summed E-state index contributed by atoms with van der Waals surface area (Å²) in [5.41, 5.74) is 0.352. The van der Waals surface area contributed by atoms with Crippen molar-refractivity contribution in [2.24, 2.45) is 0 Å². The summed E-state index contributed by atoms with van der Waals surface area (Å²) in [4.78, 5) is 12.2. The SMILES string of the molecule is CNC(=O)c1cc(Cl)ccc1N(C)S(=O)(=O)c1ccc(Oc2ccccc2Cl)cc1. The van der Waals surface area contributed by atoms with Crippen LogP contribution in [-0.2, 0) is 10.0 Å². The van der Waals surface area contributed by atoms with Crippen molar-refractivity contribution in [3.8, 4) is 11.5 Å². The molecule has 30 heavy (non-hydrogen) atoms. The highest BCUT2D eigenvalue weighted by atomic mass is 35.5. The van der Waals surface area contributed by atoms with E-state index >= 15 is 0 Å². The summed E-state index contributed by atoms with van der Waals surface area (Å²) in [5, 5.41) is 3.25. The highest BCUT2D eigenvalue weighted by molar-refractivity contribution is 7.92. The van der Waals surface area contributed by atoms with Gasteiger partial charge < -0.3 is 10.1 Å². The average molecular weight is 465 g/mol. The second-order valence-electron chi connectivity index (χ2n) is 6.22. The molecule has 0 aliphatic rings. The number of hydrogen-bond donors (Lipinski definition) is 1. The number of rotatable bonds is 6. The van der Waals surface area contributed by atoms with E-state index < -0.39 is 15.9 Å². The number of amides is 1. The number of halogens is 2. The summed E-state index contributed by atoms with van der Waals surface area (Å²) >= 11 is 12.1. The minimum atomic E-state index is -3.94. The Labute approximate surface area is 185 Å². The largest absolute Gasteiger partial charge is 0.456 e. The molecule has 0 saturated heterocycles. The normalized spacial score (nSPS) is 11.1. The Balaban J connectivity index is 1.90. The number of carbonyl (C=O) groups is 1. The highest BCUT2D eigenvalue weighted by Crippen LogP contribution is 2.31. The number of para-hydroxylation sites is 1. The number of nitrogens with zero attached hydrogens (tertiary/aromatic N) is 1. The Morgan fingerprint density at radius 2 is 1.67 bits per heavy atom. The Hall–Kier alpha value is -2.74. The molecule has 156 valence electrons. The molecule has 0 aromatic heterocycles. The van der Waals surface area contributed by atoms with Crippen LogP contribution in [0.2, 0.25) is 10.0 Å². The first-order chi connectivity index (χ1) is 14.2. The molecule has 9 heteroatoms. The molecule has 6 nitrogen and oxygen atoms in total. The van der Waals surface area contributed by atoms with Crippen molar-refractivity contribution < 1.29 is 17.9 Å². The number of nitrogens with one attached hydrogen (secondary N) is 1. The van der Waals surface area contributed by atoms with Crippen molar-refractivity contribution in [1.82, 2.24) is 5.32 Å². The zero-order chi connectivity index (χ0) is 21.9. The van der Waals surface area contributed by atoms with Gasteiger partial charge in [0.25, 0.3) is 15.9 Å². The smallest absolute Gasteiger partial charge is 0.264 e. The van der Waals surface area contributed by atoms with Gasteiger partial charge in [-0.3, -0.25) is 9.10 Å². The predicted octanol–water partition coefficient (Wildman–Crippen LogP) is 4.97. The molecule has 0 aliphatic carbocycles. The number of benzene rings is 3. The van der Waals surface area contributed by atoms with Crippen molar-refractivity contribution in [2.75, 3.05) is 18.4 Å². The fourth-order valence-corrected chi connectivity index (χ4v) is 4.28. The van der Waals surface area contributed by atoms with Crippen LogP contribution in [0.15, 0.2) is 71.6 Å². The molecule has 0 unspecified atom stereocenters. The highest BCUT2D eigenvalue weighted by Gasteiger charge is 2.25. The van der Waals surface area contributed by atoms with Gasteiger partial charge in [-0.25, -0.2) is 8.42 Å². The molecule has 1 amide bonds. The summed E-state index contributed by atoms with van der Waals surface area (Å²) < 4.78 is 32.9. The molecule has 0 bridgehead atoms. The summed E-state index contributed by atoms with van der Waals surface area (Å²) in [6, 6.07) is 17.3. The van der Waals surface area contributed by atoms with E-state index in [0.717, 1.165) is 4.31 Å². The van der Waals surface area contributed by atoms with Gasteiger partial charge in [-0.15, -0.1) is 0 Å². The van der Waals surface area contributed by atoms with Crippen LogP contribution >= 0.6 is 23.2 Å². The second kappa shape index (κ2) is 8.95. The monoisotopic (exact) mass is 464 g/mol. The van der Waals surface area contributed by atoms with Crippen LogP contribution in [-0.4, -0.2) is 28.4 Å². The summed E-state index contributed by atoms with van der Waals surface area (Å²) in [6.07, 6.45) is 0. The van der Waals surface area contributed by atoms with Crippen molar-refractivity contribution in [3.63, 3.8) is 0 Å². The lowest BCUT2D eigenvalue weighted by Crippen LogP contribution is -2.29. The van der Waals surface area contributed by atoms with E-state index in [2.05, 4.69) is 5.32 Å². The topological polar surface area (TPSA) is 75.7 Å². The van der Waals surface area contributed by atoms with Gasteiger partial charge in [0.05, 0.1) is 21.2 Å². The quantitative estimate of drug-likeness (QED) is 0.558. The lowest BCUT2D eigenvalue weighted by molar-refractivity contribution is 0.0963. The Kier molecular flexibility index (Phi) is 6.55. The number of carbonyl (C=O) groups excluding carboxylic acids is 1. The first kappa shape index (κ1) is 22.0. The molecule has 1 N–H and O–H groups in total. The zero-order valence-electron chi connectivity index (χ0n) is 16.1. The maximum Gasteiger partial charge on any atom is 0.264 e. The number of anilines is 1. The zero-order valence-corrected chi connectivity index (χ0v) is 18.4. The molecular weight excluding hydrogens is 447 g/mol. The van der Waals surface area contributed by atoms with Gasteiger partial charge in [0.1, 0.15) is 11.5 Å². The van der Waals surface area contributed by atoms with Gasteiger partial charge in [0, 0.05) is 19.1 Å². The van der Waals surface area contributed by atoms with E-state index in [0.29, 0.717) is 21.5 Å². The van der Waals surface area contributed by atoms with Crippen molar-refractivity contribution in [2.45, 2.75) is 4.90 Å². The molecule has 0 heterocycles. The first-order valence-corrected chi connectivity index (χ1v) is 11.0. The number of hydrogen-bond acceptors (Lipinski definition) is 4. The van der Waals surface area contributed by atoms with E-state index in [1.54, 1.807) is 24.3 Å². The maximum absolute atomic E-state index is 13.1. The van der Waals surface area contributed by atoms with E-state index in [1.165, 1.54) is 56.6 Å². The van der Waals surface area contributed by atoms with Gasteiger partial charge in [0.2, 0.25) is 0 Å². The van der Waals surface area contributed by atoms with Crippen LogP contribution in [0, 0.1) is 0 Å². The third-order valence-corrected chi connectivity index (χ3v) is 6.65. The van der Waals surface area contributed by atoms with Crippen LogP contribution in [0.4, 0.5) is 5.69 Å². The maximum atomic E-state index is 13.1. The van der Waals surface area contributed by atoms with E-state index in [-0.39, 0.29) is 16.1 Å². The summed E-state index contributed by atoms with van der Waals surface area (Å²) in [7, 11) is -1.11. The van der Waals surface area contributed by atoms with Crippen molar-refractivity contribution in [1.29, 1.82) is 0 Å². The molecule has 0 atom stereocenters. The molecule has 3 aromatic carbocycles. The predicted molar refractivity (Wildman–Crippen MR) is 118 cm³/mol. The standard InChI is InChI=1S/C21H18Cl2N2O4S/c1-24-21(26)17-13-14(22)7-12-19(17)25(2)30(27,28)16-10-8-15(9-11-16)29-20-6-4-3-5-18(20)23/h3-13H,1-2H3,(H,24,26). The van der Waals surface area contributed by atoms with Gasteiger partial charge in [-0.2, -0.15) is 0 Å². The molecule has 0 fully saturated rings. The Morgan fingerprint density at radius 1 is 1.00 bits per heavy atom.